The van der Waals surface area contributed by atoms with Gasteiger partial charge in [-0.25, -0.2) is 0 Å². The van der Waals surface area contributed by atoms with Crippen molar-refractivity contribution >= 4 is 21.6 Å². The fourth-order valence-electron chi connectivity index (χ4n) is 2.67. The molecule has 0 aromatic carbocycles. The molecule has 6 heteroatoms. The lowest BCUT2D eigenvalue weighted by atomic mass is 10.0. The summed E-state index contributed by atoms with van der Waals surface area (Å²) in [6, 6.07) is 4.47. The zero-order valence-electron chi connectivity index (χ0n) is 11.0. The molecule has 3 aromatic rings. The molecule has 2 atom stereocenters. The lowest BCUT2D eigenvalue weighted by Crippen LogP contribution is -2.21. The third-order valence-corrected chi connectivity index (χ3v) is 4.70. The average Bonchev–Trinajstić information content (AvgIpc) is 3.17. The number of thiophene rings is 1. The van der Waals surface area contributed by atoms with Crippen molar-refractivity contribution in [3.05, 3.63) is 29.6 Å². The molecule has 4 rings (SSSR count). The van der Waals surface area contributed by atoms with Gasteiger partial charge in [-0.3, -0.25) is 4.98 Å². The van der Waals surface area contributed by atoms with Gasteiger partial charge >= 0.3 is 0 Å². The molecule has 1 aliphatic rings. The fourth-order valence-corrected chi connectivity index (χ4v) is 3.45. The Hall–Kier alpha value is -1.79. The highest BCUT2D eigenvalue weighted by Crippen LogP contribution is 2.29. The molecule has 3 aromatic heterocycles. The van der Waals surface area contributed by atoms with Crippen molar-refractivity contribution in [3.63, 3.8) is 0 Å². The quantitative estimate of drug-likeness (QED) is 0.784. The smallest absolute Gasteiger partial charge is 0.231 e. The summed E-state index contributed by atoms with van der Waals surface area (Å²) < 4.78 is 6.58. The van der Waals surface area contributed by atoms with E-state index in [0.717, 1.165) is 34.6 Å². The maximum Gasteiger partial charge on any atom is 0.231 e. The van der Waals surface area contributed by atoms with Crippen molar-refractivity contribution in [2.45, 2.75) is 25.3 Å². The van der Waals surface area contributed by atoms with Crippen LogP contribution in [0.2, 0.25) is 0 Å². The number of nitrogens with one attached hydrogen (secondary N) is 1. The second kappa shape index (κ2) is 4.64. The maximum absolute atomic E-state index is 5.44. The van der Waals surface area contributed by atoms with E-state index in [0.29, 0.717) is 17.8 Å². The first kappa shape index (κ1) is 12.0. The Morgan fingerprint density at radius 1 is 1.45 bits per heavy atom. The molecule has 0 spiro atoms. The van der Waals surface area contributed by atoms with E-state index in [9.17, 15) is 0 Å². The molecular formula is C14H14N4OS. The molecule has 102 valence electrons. The van der Waals surface area contributed by atoms with Crippen molar-refractivity contribution < 1.29 is 4.52 Å². The molecule has 2 unspecified atom stereocenters. The number of hydrogen-bond donors (Lipinski definition) is 1. The second-order valence-electron chi connectivity index (χ2n) is 5.12. The van der Waals surface area contributed by atoms with Crippen LogP contribution in [0.15, 0.2) is 28.2 Å². The van der Waals surface area contributed by atoms with Crippen molar-refractivity contribution in [3.8, 4) is 11.4 Å². The summed E-state index contributed by atoms with van der Waals surface area (Å²) in [5, 5.41) is 9.54. The molecular weight excluding hydrogens is 272 g/mol. The first-order chi connectivity index (χ1) is 9.81. The number of fused-ring (bicyclic) bond motifs is 1. The van der Waals surface area contributed by atoms with E-state index in [1.54, 1.807) is 17.5 Å². The minimum absolute atomic E-state index is 0.315. The molecule has 20 heavy (non-hydrogen) atoms. The van der Waals surface area contributed by atoms with Gasteiger partial charge in [0.25, 0.3) is 0 Å². The summed E-state index contributed by atoms with van der Waals surface area (Å²) in [5.74, 6) is 1.67. The molecule has 1 aliphatic heterocycles. The summed E-state index contributed by atoms with van der Waals surface area (Å²) in [6.07, 6.45) is 2.85. The van der Waals surface area contributed by atoms with Gasteiger partial charge < -0.3 is 9.84 Å². The van der Waals surface area contributed by atoms with Gasteiger partial charge in [0.1, 0.15) is 0 Å². The van der Waals surface area contributed by atoms with E-state index in [1.165, 1.54) is 0 Å². The standard InChI is InChI=1S/C14H14N4OS/c1-8-10(2-4-15-8)14-17-13(18-19-14)9-6-12-11(16-7-9)3-5-20-12/h3,5-8,10,15H,2,4H2,1H3. The highest BCUT2D eigenvalue weighted by molar-refractivity contribution is 7.17. The minimum Gasteiger partial charge on any atom is -0.339 e. The van der Waals surface area contributed by atoms with Gasteiger partial charge in [-0.05, 0) is 37.4 Å². The van der Waals surface area contributed by atoms with Crippen LogP contribution in [0.3, 0.4) is 0 Å². The lowest BCUT2D eigenvalue weighted by molar-refractivity contribution is 0.345. The summed E-state index contributed by atoms with van der Waals surface area (Å²) >= 11 is 1.67. The summed E-state index contributed by atoms with van der Waals surface area (Å²) in [6.45, 7) is 3.16. The number of nitrogens with zero attached hydrogens (tertiary/aromatic N) is 3. The largest absolute Gasteiger partial charge is 0.339 e. The zero-order valence-corrected chi connectivity index (χ0v) is 11.9. The fraction of sp³-hybridized carbons (Fsp3) is 0.357. The number of pyridine rings is 1. The number of rotatable bonds is 2. The van der Waals surface area contributed by atoms with E-state index in [-0.39, 0.29) is 0 Å². The van der Waals surface area contributed by atoms with Gasteiger partial charge in [0.15, 0.2) is 0 Å². The van der Waals surface area contributed by atoms with Gasteiger partial charge in [0.05, 0.1) is 16.1 Å². The van der Waals surface area contributed by atoms with E-state index in [2.05, 4.69) is 33.4 Å². The molecule has 5 nitrogen and oxygen atoms in total. The van der Waals surface area contributed by atoms with Crippen LogP contribution in [0, 0.1) is 0 Å². The van der Waals surface area contributed by atoms with Crippen LogP contribution in [0.25, 0.3) is 21.6 Å². The lowest BCUT2D eigenvalue weighted by Gasteiger charge is -2.08. The summed E-state index contributed by atoms with van der Waals surface area (Å²) in [5.41, 5.74) is 1.92. The van der Waals surface area contributed by atoms with Gasteiger partial charge in [0.2, 0.25) is 11.7 Å². The molecule has 0 amide bonds. The summed E-state index contributed by atoms with van der Waals surface area (Å²) in [7, 11) is 0. The van der Waals surface area contributed by atoms with Crippen LogP contribution in [0.4, 0.5) is 0 Å². The highest BCUT2D eigenvalue weighted by atomic mass is 32.1. The van der Waals surface area contributed by atoms with Crippen molar-refractivity contribution in [2.75, 3.05) is 6.54 Å². The van der Waals surface area contributed by atoms with Crippen LogP contribution in [-0.2, 0) is 0 Å². The Labute approximate surface area is 120 Å². The highest BCUT2D eigenvalue weighted by Gasteiger charge is 2.29. The molecule has 0 bridgehead atoms. The van der Waals surface area contributed by atoms with Crippen LogP contribution < -0.4 is 5.32 Å². The van der Waals surface area contributed by atoms with Crippen molar-refractivity contribution in [2.24, 2.45) is 0 Å². The Balaban J connectivity index is 1.70. The van der Waals surface area contributed by atoms with E-state index < -0.39 is 0 Å². The minimum atomic E-state index is 0.315. The molecule has 1 saturated heterocycles. The predicted molar refractivity (Wildman–Crippen MR) is 77.7 cm³/mol. The van der Waals surface area contributed by atoms with E-state index in [4.69, 9.17) is 4.52 Å². The number of aromatic nitrogens is 3. The first-order valence-electron chi connectivity index (χ1n) is 6.72. The summed E-state index contributed by atoms with van der Waals surface area (Å²) in [4.78, 5) is 8.97. The monoisotopic (exact) mass is 286 g/mol. The van der Waals surface area contributed by atoms with Gasteiger partial charge in [-0.1, -0.05) is 5.16 Å². The normalized spacial score (nSPS) is 22.6. The maximum atomic E-state index is 5.44. The molecule has 1 N–H and O–H groups in total. The molecule has 0 aliphatic carbocycles. The van der Waals surface area contributed by atoms with Crippen LogP contribution in [0.1, 0.15) is 25.2 Å². The molecule has 0 radical (unpaired) electrons. The zero-order chi connectivity index (χ0) is 13.5. The SMILES string of the molecule is CC1NCCC1c1nc(-c2cnc3ccsc3c2)no1. The topological polar surface area (TPSA) is 63.8 Å². The average molecular weight is 286 g/mol. The van der Waals surface area contributed by atoms with E-state index >= 15 is 0 Å². The predicted octanol–water partition coefficient (Wildman–Crippen LogP) is 2.81. The van der Waals surface area contributed by atoms with Crippen LogP contribution in [-0.4, -0.2) is 27.7 Å². The Morgan fingerprint density at radius 2 is 2.40 bits per heavy atom. The molecule has 1 fully saturated rings. The van der Waals surface area contributed by atoms with Crippen LogP contribution >= 0.6 is 11.3 Å². The van der Waals surface area contributed by atoms with E-state index in [1.807, 2.05) is 11.4 Å². The Kier molecular flexibility index (Phi) is 2.78. The molecule has 0 saturated carbocycles. The third-order valence-electron chi connectivity index (χ3n) is 3.85. The first-order valence-corrected chi connectivity index (χ1v) is 7.60. The van der Waals surface area contributed by atoms with Gasteiger partial charge in [0, 0.05) is 17.8 Å². The Morgan fingerprint density at radius 3 is 3.25 bits per heavy atom. The third kappa shape index (κ3) is 1.92. The second-order valence-corrected chi connectivity index (χ2v) is 6.07. The van der Waals surface area contributed by atoms with Gasteiger partial charge in [-0.15, -0.1) is 11.3 Å². The van der Waals surface area contributed by atoms with Crippen LogP contribution in [0.5, 0.6) is 0 Å². The number of hydrogen-bond acceptors (Lipinski definition) is 6. The van der Waals surface area contributed by atoms with Crippen molar-refractivity contribution in [1.82, 2.24) is 20.4 Å². The Bertz CT molecular complexity index is 750. The molecule has 4 heterocycles. The van der Waals surface area contributed by atoms with Crippen molar-refractivity contribution in [1.29, 1.82) is 0 Å². The van der Waals surface area contributed by atoms with Gasteiger partial charge in [-0.2, -0.15) is 4.98 Å².